The van der Waals surface area contributed by atoms with Crippen molar-refractivity contribution in [3.05, 3.63) is 28.2 Å². The number of alkyl halides is 1. The molecule has 0 bridgehead atoms. The van der Waals surface area contributed by atoms with Crippen LogP contribution in [0.2, 0.25) is 0 Å². The van der Waals surface area contributed by atoms with E-state index < -0.39 is 0 Å². The van der Waals surface area contributed by atoms with Gasteiger partial charge in [-0.3, -0.25) is 0 Å². The Morgan fingerprint density at radius 3 is 2.86 bits per heavy atom. The van der Waals surface area contributed by atoms with Crippen LogP contribution >= 0.6 is 27.5 Å². The quantitative estimate of drug-likeness (QED) is 0.652. The van der Waals surface area contributed by atoms with Crippen molar-refractivity contribution in [3.63, 3.8) is 0 Å². The lowest BCUT2D eigenvalue weighted by Crippen LogP contribution is -2.12. The molecular formula is C16H19BrClFN2. The van der Waals surface area contributed by atoms with Crippen LogP contribution in [-0.4, -0.2) is 15.4 Å². The number of hydrogen-bond donors (Lipinski definition) is 0. The van der Waals surface area contributed by atoms with Gasteiger partial charge in [0.1, 0.15) is 11.6 Å². The van der Waals surface area contributed by atoms with Crippen LogP contribution in [-0.2, 0) is 6.42 Å². The number of aromatic nitrogens is 2. The average Bonchev–Trinajstić information content (AvgIpc) is 2.91. The summed E-state index contributed by atoms with van der Waals surface area (Å²) >= 11 is 9.21. The van der Waals surface area contributed by atoms with Crippen molar-refractivity contribution in [1.82, 2.24) is 9.55 Å². The molecular weight excluding hydrogens is 355 g/mol. The number of benzene rings is 1. The number of halogens is 3. The Bertz CT molecular complexity index is 680. The molecule has 1 unspecified atom stereocenters. The van der Waals surface area contributed by atoms with Crippen LogP contribution < -0.4 is 0 Å². The molecule has 21 heavy (non-hydrogen) atoms. The summed E-state index contributed by atoms with van der Waals surface area (Å²) in [6.07, 6.45) is 4.19. The summed E-state index contributed by atoms with van der Waals surface area (Å²) in [6, 6.07) is 3.79. The van der Waals surface area contributed by atoms with Gasteiger partial charge < -0.3 is 4.57 Å². The molecule has 5 heteroatoms. The van der Waals surface area contributed by atoms with E-state index in [-0.39, 0.29) is 5.82 Å². The summed E-state index contributed by atoms with van der Waals surface area (Å²) in [5, 5.41) is 0. The molecule has 1 heterocycles. The number of aryl methyl sites for hydroxylation is 1. The minimum absolute atomic E-state index is 0.267. The first kappa shape index (κ1) is 15.3. The highest BCUT2D eigenvalue weighted by molar-refractivity contribution is 9.10. The normalized spacial score (nSPS) is 21.3. The third-order valence-corrected chi connectivity index (χ3v) is 5.23. The Labute approximate surface area is 137 Å². The summed E-state index contributed by atoms with van der Waals surface area (Å²) in [4.78, 5) is 4.61. The van der Waals surface area contributed by atoms with Crippen LogP contribution in [0.3, 0.4) is 0 Å². The largest absolute Gasteiger partial charge is 0.325 e. The van der Waals surface area contributed by atoms with E-state index in [9.17, 15) is 4.39 Å². The zero-order chi connectivity index (χ0) is 15.2. The second kappa shape index (κ2) is 5.54. The molecule has 1 aromatic carbocycles. The van der Waals surface area contributed by atoms with Crippen LogP contribution in [0.4, 0.5) is 4.39 Å². The molecule has 114 valence electrons. The molecule has 0 spiro atoms. The second-order valence-electron chi connectivity index (χ2n) is 6.65. The molecule has 2 aromatic rings. The van der Waals surface area contributed by atoms with Crippen molar-refractivity contribution < 1.29 is 4.39 Å². The fourth-order valence-corrected chi connectivity index (χ4v) is 3.93. The van der Waals surface area contributed by atoms with Crippen molar-refractivity contribution in [1.29, 1.82) is 0 Å². The van der Waals surface area contributed by atoms with Crippen molar-refractivity contribution in [2.24, 2.45) is 5.41 Å². The first-order chi connectivity index (χ1) is 9.91. The number of imidazole rings is 1. The van der Waals surface area contributed by atoms with Gasteiger partial charge in [-0.2, -0.15) is 0 Å². The second-order valence-corrected chi connectivity index (χ2v) is 7.89. The van der Waals surface area contributed by atoms with E-state index in [2.05, 4.69) is 39.3 Å². The van der Waals surface area contributed by atoms with E-state index in [0.717, 1.165) is 29.7 Å². The molecule has 1 saturated carbocycles. The summed E-state index contributed by atoms with van der Waals surface area (Å²) in [7, 11) is 0. The lowest BCUT2D eigenvalue weighted by Gasteiger charge is -2.20. The van der Waals surface area contributed by atoms with E-state index in [1.54, 1.807) is 0 Å². The van der Waals surface area contributed by atoms with Gasteiger partial charge in [-0.25, -0.2) is 9.37 Å². The Balaban J connectivity index is 2.14. The van der Waals surface area contributed by atoms with Gasteiger partial charge in [-0.05, 0) is 46.7 Å². The molecule has 1 aliphatic rings. The van der Waals surface area contributed by atoms with Crippen LogP contribution in [0.5, 0.6) is 0 Å². The van der Waals surface area contributed by atoms with Gasteiger partial charge in [-0.1, -0.05) is 13.8 Å². The number of hydrogen-bond acceptors (Lipinski definition) is 1. The topological polar surface area (TPSA) is 17.8 Å². The third-order valence-electron chi connectivity index (χ3n) is 4.43. The van der Waals surface area contributed by atoms with E-state index in [1.807, 2.05) is 6.07 Å². The summed E-state index contributed by atoms with van der Waals surface area (Å²) in [5.41, 5.74) is 2.09. The van der Waals surface area contributed by atoms with Gasteiger partial charge >= 0.3 is 0 Å². The molecule has 0 aliphatic heterocycles. The fraction of sp³-hybridized carbons (Fsp3) is 0.562. The van der Waals surface area contributed by atoms with Crippen molar-refractivity contribution in [2.45, 2.75) is 45.6 Å². The SMILES string of the molecule is CC1(C)CCC(n2c(CCCl)nc3cc(F)c(Br)cc32)C1. The van der Waals surface area contributed by atoms with Crippen molar-refractivity contribution >= 4 is 38.6 Å². The summed E-state index contributed by atoms with van der Waals surface area (Å²) in [5.74, 6) is 1.24. The number of nitrogens with zero attached hydrogens (tertiary/aromatic N) is 2. The molecule has 0 N–H and O–H groups in total. The predicted molar refractivity (Wildman–Crippen MR) is 88.5 cm³/mol. The minimum atomic E-state index is -0.267. The van der Waals surface area contributed by atoms with Crippen LogP contribution in [0.15, 0.2) is 16.6 Å². The maximum atomic E-state index is 13.8. The van der Waals surface area contributed by atoms with Gasteiger partial charge in [0.15, 0.2) is 0 Å². The molecule has 0 amide bonds. The highest BCUT2D eigenvalue weighted by Gasteiger charge is 2.33. The van der Waals surface area contributed by atoms with Gasteiger partial charge in [0, 0.05) is 24.4 Å². The first-order valence-electron chi connectivity index (χ1n) is 7.33. The predicted octanol–water partition coefficient (Wildman–Crippen LogP) is 5.47. The van der Waals surface area contributed by atoms with Crippen molar-refractivity contribution in [3.8, 4) is 0 Å². The molecule has 1 aromatic heterocycles. The van der Waals surface area contributed by atoms with Gasteiger partial charge in [0.05, 0.1) is 15.5 Å². The lowest BCUT2D eigenvalue weighted by molar-refractivity contribution is 0.358. The standard InChI is InChI=1S/C16H19BrClFN2/c1-16(2)5-3-10(9-16)21-14-7-11(17)12(19)8-13(14)20-15(21)4-6-18/h7-8,10H,3-6,9H2,1-2H3. The van der Waals surface area contributed by atoms with E-state index in [4.69, 9.17) is 11.6 Å². The van der Waals surface area contributed by atoms with Gasteiger partial charge in [0.25, 0.3) is 0 Å². The van der Waals surface area contributed by atoms with E-state index >= 15 is 0 Å². The fourth-order valence-electron chi connectivity index (χ4n) is 3.43. The Morgan fingerprint density at radius 2 is 2.24 bits per heavy atom. The Morgan fingerprint density at radius 1 is 1.48 bits per heavy atom. The molecule has 1 fully saturated rings. The molecule has 0 saturated heterocycles. The molecule has 1 aliphatic carbocycles. The first-order valence-corrected chi connectivity index (χ1v) is 8.66. The molecule has 2 nitrogen and oxygen atoms in total. The van der Waals surface area contributed by atoms with Crippen LogP contribution in [0, 0.1) is 11.2 Å². The highest BCUT2D eigenvalue weighted by Crippen LogP contribution is 2.45. The van der Waals surface area contributed by atoms with Crippen LogP contribution in [0.25, 0.3) is 11.0 Å². The van der Waals surface area contributed by atoms with E-state index in [0.29, 0.717) is 28.2 Å². The highest BCUT2D eigenvalue weighted by atomic mass is 79.9. The zero-order valence-electron chi connectivity index (χ0n) is 12.3. The smallest absolute Gasteiger partial charge is 0.139 e. The Hall–Kier alpha value is -0.610. The maximum Gasteiger partial charge on any atom is 0.139 e. The number of fused-ring (bicyclic) bond motifs is 1. The van der Waals surface area contributed by atoms with Crippen LogP contribution in [0.1, 0.15) is 45.0 Å². The maximum absolute atomic E-state index is 13.8. The number of rotatable bonds is 3. The average molecular weight is 374 g/mol. The third kappa shape index (κ3) is 2.85. The monoisotopic (exact) mass is 372 g/mol. The van der Waals surface area contributed by atoms with Gasteiger partial charge in [-0.15, -0.1) is 11.6 Å². The summed E-state index contributed by atoms with van der Waals surface area (Å²) < 4.78 is 16.5. The lowest BCUT2D eigenvalue weighted by atomic mass is 9.92. The minimum Gasteiger partial charge on any atom is -0.325 e. The zero-order valence-corrected chi connectivity index (χ0v) is 14.6. The molecule has 0 radical (unpaired) electrons. The van der Waals surface area contributed by atoms with Crippen molar-refractivity contribution in [2.75, 3.05) is 5.88 Å². The molecule has 3 rings (SSSR count). The van der Waals surface area contributed by atoms with Gasteiger partial charge in [0.2, 0.25) is 0 Å². The Kier molecular flexibility index (Phi) is 4.04. The van der Waals surface area contributed by atoms with E-state index in [1.165, 1.54) is 12.5 Å². The summed E-state index contributed by atoms with van der Waals surface area (Å²) in [6.45, 7) is 4.62. The molecule has 1 atom stereocenters.